The zero-order valence-electron chi connectivity index (χ0n) is 17.8. The van der Waals surface area contributed by atoms with E-state index in [1.54, 1.807) is 0 Å². The fraction of sp³-hybridized carbons (Fsp3) is 0.333. The normalized spacial score (nSPS) is 15.6. The zero-order chi connectivity index (χ0) is 23.6. The van der Waals surface area contributed by atoms with Crippen LogP contribution in [0.15, 0.2) is 40.6 Å². The number of sulfonamides is 1. The Balaban J connectivity index is 1.26. The molecule has 33 heavy (non-hydrogen) atoms. The minimum absolute atomic E-state index is 0.156. The van der Waals surface area contributed by atoms with Gasteiger partial charge in [-0.3, -0.25) is 9.88 Å². The molecule has 2 N–H and O–H groups in total. The first-order valence-corrected chi connectivity index (χ1v) is 13.3. The van der Waals surface area contributed by atoms with Gasteiger partial charge in [-0.15, -0.1) is 11.3 Å². The highest BCUT2D eigenvalue weighted by atomic mass is 35.5. The number of amides is 2. The Hall–Kier alpha value is -1.95. The molecule has 0 aliphatic carbocycles. The lowest BCUT2D eigenvalue weighted by atomic mass is 10.1. The van der Waals surface area contributed by atoms with Crippen molar-refractivity contribution in [3.8, 4) is 0 Å². The topological polar surface area (TPSA) is 94.6 Å². The van der Waals surface area contributed by atoms with Crippen LogP contribution in [0.4, 0.5) is 10.5 Å². The van der Waals surface area contributed by atoms with E-state index in [1.807, 2.05) is 37.3 Å². The summed E-state index contributed by atoms with van der Waals surface area (Å²) in [6.45, 7) is 4.82. The summed E-state index contributed by atoms with van der Waals surface area (Å²) in [6, 6.07) is 10.6. The molecule has 12 heteroatoms. The lowest BCUT2D eigenvalue weighted by Crippen LogP contribution is -2.50. The number of hydrogen-bond donors (Lipinski definition) is 2. The molecule has 0 saturated carbocycles. The lowest BCUT2D eigenvalue weighted by molar-refractivity contribution is 0.189. The molecule has 1 saturated heterocycles. The molecular formula is C21H23Cl2N5O3S2. The van der Waals surface area contributed by atoms with Crippen LogP contribution in [0, 0.1) is 6.92 Å². The largest absolute Gasteiger partial charge is 0.337 e. The number of fused-ring (bicyclic) bond motifs is 1. The molecule has 3 aromatic rings. The second kappa shape index (κ2) is 10.1. The fourth-order valence-electron chi connectivity index (χ4n) is 3.68. The molecule has 176 valence electrons. The van der Waals surface area contributed by atoms with E-state index < -0.39 is 10.0 Å². The minimum Gasteiger partial charge on any atom is -0.337 e. The van der Waals surface area contributed by atoms with Crippen LogP contribution < -0.4 is 10.6 Å². The van der Waals surface area contributed by atoms with E-state index in [0.29, 0.717) is 45.0 Å². The first-order valence-electron chi connectivity index (χ1n) is 10.3. The standard InChI is InChI=1S/C21H23Cl2N5O3S2/c1-14-12-18(15-4-2-3-5-17(15)25-14)26-21(29)24-6-7-27-8-10-28(11-9-27)33(30,31)19-13-16(22)20(23)32-19/h2-5,12-13H,6-11H2,1H3,(H2,24,25,26,29). The molecule has 1 aromatic carbocycles. The number of para-hydroxylation sites is 1. The van der Waals surface area contributed by atoms with Gasteiger partial charge in [0.15, 0.2) is 0 Å². The summed E-state index contributed by atoms with van der Waals surface area (Å²) < 4.78 is 27.4. The van der Waals surface area contributed by atoms with Crippen LogP contribution in [0.1, 0.15) is 5.69 Å². The van der Waals surface area contributed by atoms with Crippen molar-refractivity contribution in [3.63, 3.8) is 0 Å². The molecule has 2 aromatic heterocycles. The number of aromatic nitrogens is 1. The molecule has 1 aliphatic heterocycles. The number of aryl methyl sites for hydroxylation is 1. The van der Waals surface area contributed by atoms with E-state index >= 15 is 0 Å². The maximum absolute atomic E-state index is 12.8. The highest BCUT2D eigenvalue weighted by molar-refractivity contribution is 7.91. The van der Waals surface area contributed by atoms with Crippen LogP contribution in [0.25, 0.3) is 10.9 Å². The van der Waals surface area contributed by atoms with Gasteiger partial charge >= 0.3 is 6.03 Å². The summed E-state index contributed by atoms with van der Waals surface area (Å²) in [5, 5.41) is 6.89. The van der Waals surface area contributed by atoms with Gasteiger partial charge in [0.25, 0.3) is 10.0 Å². The molecule has 0 atom stereocenters. The zero-order valence-corrected chi connectivity index (χ0v) is 21.0. The van der Waals surface area contributed by atoms with Gasteiger partial charge in [-0.2, -0.15) is 4.31 Å². The van der Waals surface area contributed by atoms with E-state index in [1.165, 1.54) is 10.4 Å². The first kappa shape index (κ1) is 24.2. The Morgan fingerprint density at radius 2 is 1.88 bits per heavy atom. The molecule has 3 heterocycles. The number of nitrogens with zero attached hydrogens (tertiary/aromatic N) is 3. The maximum atomic E-state index is 12.8. The summed E-state index contributed by atoms with van der Waals surface area (Å²) in [5.41, 5.74) is 2.36. The SMILES string of the molecule is Cc1cc(NC(=O)NCCN2CCN(S(=O)(=O)c3cc(Cl)c(Cl)s3)CC2)c2ccccc2n1. The molecule has 4 rings (SSSR count). The van der Waals surface area contributed by atoms with Gasteiger partial charge in [0, 0.05) is 50.3 Å². The minimum atomic E-state index is -3.61. The van der Waals surface area contributed by atoms with Crippen LogP contribution in [0.5, 0.6) is 0 Å². The average molecular weight is 528 g/mol. The van der Waals surface area contributed by atoms with Crippen molar-refractivity contribution in [2.45, 2.75) is 11.1 Å². The predicted molar refractivity (Wildman–Crippen MR) is 133 cm³/mol. The van der Waals surface area contributed by atoms with Crippen LogP contribution in [0.3, 0.4) is 0 Å². The van der Waals surface area contributed by atoms with E-state index in [0.717, 1.165) is 27.9 Å². The third-order valence-electron chi connectivity index (χ3n) is 5.35. The summed E-state index contributed by atoms with van der Waals surface area (Å²) >= 11 is 12.8. The Morgan fingerprint density at radius 3 is 2.58 bits per heavy atom. The van der Waals surface area contributed by atoms with Crippen molar-refractivity contribution in [3.05, 3.63) is 51.5 Å². The van der Waals surface area contributed by atoms with E-state index in [-0.39, 0.29) is 19.6 Å². The Morgan fingerprint density at radius 1 is 1.15 bits per heavy atom. The molecule has 1 aliphatic rings. The van der Waals surface area contributed by atoms with Gasteiger partial charge in [0.2, 0.25) is 0 Å². The number of nitrogens with one attached hydrogen (secondary N) is 2. The monoisotopic (exact) mass is 527 g/mol. The van der Waals surface area contributed by atoms with Crippen molar-refractivity contribution >= 4 is 67.2 Å². The molecule has 0 bridgehead atoms. The number of thiophene rings is 1. The third kappa shape index (κ3) is 5.59. The summed E-state index contributed by atoms with van der Waals surface area (Å²) in [4.78, 5) is 19.0. The molecular weight excluding hydrogens is 505 g/mol. The maximum Gasteiger partial charge on any atom is 0.319 e. The van der Waals surface area contributed by atoms with Gasteiger partial charge in [0.1, 0.15) is 8.55 Å². The molecule has 0 spiro atoms. The number of rotatable bonds is 6. The van der Waals surface area contributed by atoms with Crippen molar-refractivity contribution < 1.29 is 13.2 Å². The van der Waals surface area contributed by atoms with E-state index in [2.05, 4.69) is 20.5 Å². The van der Waals surface area contributed by atoms with Crippen molar-refractivity contribution in [1.82, 2.24) is 19.5 Å². The van der Waals surface area contributed by atoms with Gasteiger partial charge < -0.3 is 10.6 Å². The van der Waals surface area contributed by atoms with Gasteiger partial charge in [-0.05, 0) is 25.1 Å². The van der Waals surface area contributed by atoms with Crippen LogP contribution in [-0.2, 0) is 10.0 Å². The Labute approximate surface area is 206 Å². The highest BCUT2D eigenvalue weighted by Gasteiger charge is 2.30. The number of carbonyl (C=O) groups is 1. The second-order valence-corrected chi connectivity index (χ2v) is 11.9. The average Bonchev–Trinajstić information content (AvgIpc) is 3.13. The van der Waals surface area contributed by atoms with E-state index in [4.69, 9.17) is 23.2 Å². The van der Waals surface area contributed by atoms with E-state index in [9.17, 15) is 13.2 Å². The fourth-order valence-corrected chi connectivity index (χ4v) is 7.14. The number of hydrogen-bond acceptors (Lipinski definition) is 6. The number of halogens is 2. The number of benzene rings is 1. The van der Waals surface area contributed by atoms with Crippen molar-refractivity contribution in [1.29, 1.82) is 0 Å². The number of anilines is 1. The van der Waals surface area contributed by atoms with Gasteiger partial charge in [-0.25, -0.2) is 13.2 Å². The molecule has 8 nitrogen and oxygen atoms in total. The number of piperazine rings is 1. The van der Waals surface area contributed by atoms with Crippen molar-refractivity contribution in [2.75, 3.05) is 44.6 Å². The highest BCUT2D eigenvalue weighted by Crippen LogP contribution is 2.35. The smallest absolute Gasteiger partial charge is 0.319 e. The molecule has 0 radical (unpaired) electrons. The number of pyridine rings is 1. The number of carbonyl (C=O) groups excluding carboxylic acids is 1. The number of urea groups is 1. The second-order valence-electron chi connectivity index (χ2n) is 7.64. The Bertz CT molecular complexity index is 1250. The Kier molecular flexibility index (Phi) is 7.42. The quantitative estimate of drug-likeness (QED) is 0.504. The van der Waals surface area contributed by atoms with Crippen LogP contribution in [0.2, 0.25) is 9.36 Å². The van der Waals surface area contributed by atoms with Crippen molar-refractivity contribution in [2.24, 2.45) is 0 Å². The molecule has 2 amide bonds. The predicted octanol–water partition coefficient (Wildman–Crippen LogP) is 4.04. The molecule has 1 fully saturated rings. The lowest BCUT2D eigenvalue weighted by Gasteiger charge is -2.33. The molecule has 0 unspecified atom stereocenters. The van der Waals surface area contributed by atoms with Crippen LogP contribution in [-0.4, -0.2) is 67.9 Å². The van der Waals surface area contributed by atoms with Gasteiger partial charge in [-0.1, -0.05) is 41.4 Å². The van der Waals surface area contributed by atoms with Crippen LogP contribution >= 0.6 is 34.5 Å². The summed E-state index contributed by atoms with van der Waals surface area (Å²) in [7, 11) is -3.61. The summed E-state index contributed by atoms with van der Waals surface area (Å²) in [6.07, 6.45) is 0. The third-order valence-corrected chi connectivity index (χ3v) is 9.57. The first-order chi connectivity index (χ1) is 15.7. The van der Waals surface area contributed by atoms with Gasteiger partial charge in [0.05, 0.1) is 16.2 Å². The summed E-state index contributed by atoms with van der Waals surface area (Å²) in [5.74, 6) is 0.